The summed E-state index contributed by atoms with van der Waals surface area (Å²) in [4.78, 5) is 0.255. The Morgan fingerprint density at radius 2 is 1.75 bits per heavy atom. The Morgan fingerprint density at radius 3 is 2.29 bits per heavy atom. The summed E-state index contributed by atoms with van der Waals surface area (Å²) in [7, 11) is -2.03. The third-order valence-electron chi connectivity index (χ3n) is 3.88. The van der Waals surface area contributed by atoms with Crippen LogP contribution in [0.25, 0.3) is 0 Å². The van der Waals surface area contributed by atoms with Gasteiger partial charge in [0, 0.05) is 6.04 Å². The minimum Gasteiger partial charge on any atom is -0.496 e. The van der Waals surface area contributed by atoms with E-state index < -0.39 is 10.0 Å². The van der Waals surface area contributed by atoms with Crippen molar-refractivity contribution in [1.29, 1.82) is 0 Å². The number of ether oxygens (including phenoxy) is 1. The summed E-state index contributed by atoms with van der Waals surface area (Å²) in [6.45, 7) is 6.00. The molecule has 2 aromatic carbocycles. The van der Waals surface area contributed by atoms with E-state index in [1.54, 1.807) is 25.3 Å². The molecule has 2 rings (SSSR count). The summed E-state index contributed by atoms with van der Waals surface area (Å²) in [5.74, 6) is 1.05. The lowest BCUT2D eigenvalue weighted by Gasteiger charge is -2.21. The lowest BCUT2D eigenvalue weighted by molar-refractivity contribution is 0.411. The molecular weight excluding hydrogens is 322 g/mol. The normalized spacial score (nSPS) is 13.0. The van der Waals surface area contributed by atoms with Crippen LogP contribution in [-0.4, -0.2) is 15.5 Å². The molecular formula is C19H25NO3S. The Balaban J connectivity index is 2.31. The smallest absolute Gasteiger partial charge is 0.241 e. The van der Waals surface area contributed by atoms with Crippen molar-refractivity contribution >= 4 is 10.0 Å². The van der Waals surface area contributed by atoms with Crippen molar-refractivity contribution in [3.05, 3.63) is 59.7 Å². The van der Waals surface area contributed by atoms with Gasteiger partial charge in [0.15, 0.2) is 0 Å². The lowest BCUT2D eigenvalue weighted by Crippen LogP contribution is -2.29. The van der Waals surface area contributed by atoms with E-state index >= 15 is 0 Å². The van der Waals surface area contributed by atoms with E-state index in [0.717, 1.165) is 17.5 Å². The van der Waals surface area contributed by atoms with Gasteiger partial charge >= 0.3 is 0 Å². The minimum atomic E-state index is -3.61. The predicted molar refractivity (Wildman–Crippen MR) is 96.7 cm³/mol. The number of hydrogen-bond donors (Lipinski definition) is 1. The maximum atomic E-state index is 12.8. The topological polar surface area (TPSA) is 55.4 Å². The number of benzene rings is 2. The number of sulfonamides is 1. The van der Waals surface area contributed by atoms with E-state index in [1.165, 1.54) is 0 Å². The van der Waals surface area contributed by atoms with Gasteiger partial charge in [-0.3, -0.25) is 0 Å². The molecule has 0 saturated heterocycles. The highest BCUT2D eigenvalue weighted by molar-refractivity contribution is 7.89. The summed E-state index contributed by atoms with van der Waals surface area (Å²) in [6, 6.07) is 14.3. The molecule has 1 N–H and O–H groups in total. The van der Waals surface area contributed by atoms with E-state index in [-0.39, 0.29) is 10.9 Å². The molecule has 0 unspecified atom stereocenters. The standard InChI is InChI=1S/C19H25NO3S/c1-14(2)12-18(16-8-6-5-7-9-16)20-24(21,22)17-10-11-19(23-4)15(3)13-17/h5-11,13-14,18,20H,12H2,1-4H3/t18-/m0/s1. The molecule has 2 aromatic rings. The van der Waals surface area contributed by atoms with Crippen molar-refractivity contribution in [2.75, 3.05) is 7.11 Å². The second kappa shape index (κ2) is 7.81. The molecule has 0 radical (unpaired) electrons. The number of aryl methyl sites for hydroxylation is 1. The van der Waals surface area contributed by atoms with Gasteiger partial charge in [-0.15, -0.1) is 0 Å². The van der Waals surface area contributed by atoms with Crippen molar-refractivity contribution in [2.45, 2.75) is 38.1 Å². The average molecular weight is 347 g/mol. The second-order valence-electron chi connectivity index (χ2n) is 6.35. The van der Waals surface area contributed by atoms with Gasteiger partial charge in [-0.25, -0.2) is 13.1 Å². The van der Waals surface area contributed by atoms with Gasteiger partial charge in [0.25, 0.3) is 0 Å². The Hall–Kier alpha value is -1.85. The molecule has 0 saturated carbocycles. The molecule has 0 amide bonds. The Morgan fingerprint density at radius 1 is 1.08 bits per heavy atom. The van der Waals surface area contributed by atoms with Crippen molar-refractivity contribution in [1.82, 2.24) is 4.72 Å². The zero-order valence-corrected chi connectivity index (χ0v) is 15.4. The highest BCUT2D eigenvalue weighted by Crippen LogP contribution is 2.26. The van der Waals surface area contributed by atoms with E-state index in [9.17, 15) is 8.42 Å². The Bertz CT molecular complexity index is 770. The van der Waals surface area contributed by atoms with Crippen LogP contribution in [0.2, 0.25) is 0 Å². The van der Waals surface area contributed by atoms with Crippen LogP contribution >= 0.6 is 0 Å². The van der Waals surface area contributed by atoms with Gasteiger partial charge in [0.1, 0.15) is 5.75 Å². The maximum absolute atomic E-state index is 12.8. The minimum absolute atomic E-state index is 0.251. The zero-order valence-electron chi connectivity index (χ0n) is 14.6. The number of rotatable bonds is 7. The molecule has 4 nitrogen and oxygen atoms in total. The largest absolute Gasteiger partial charge is 0.496 e. The van der Waals surface area contributed by atoms with Crippen molar-refractivity contribution < 1.29 is 13.2 Å². The van der Waals surface area contributed by atoms with E-state index in [0.29, 0.717) is 11.7 Å². The highest BCUT2D eigenvalue weighted by atomic mass is 32.2. The van der Waals surface area contributed by atoms with Crippen LogP contribution in [0.3, 0.4) is 0 Å². The SMILES string of the molecule is COc1ccc(S(=O)(=O)N[C@@H](CC(C)C)c2ccccc2)cc1C. The Kier molecular flexibility index (Phi) is 6.02. The summed E-state index contributed by atoms with van der Waals surface area (Å²) in [5.41, 5.74) is 1.76. The summed E-state index contributed by atoms with van der Waals surface area (Å²) in [6.07, 6.45) is 0.735. The molecule has 0 aliphatic carbocycles. The molecule has 5 heteroatoms. The number of hydrogen-bond acceptors (Lipinski definition) is 3. The second-order valence-corrected chi connectivity index (χ2v) is 8.06. The van der Waals surface area contributed by atoms with Gasteiger partial charge < -0.3 is 4.74 Å². The monoisotopic (exact) mass is 347 g/mol. The fraction of sp³-hybridized carbons (Fsp3) is 0.368. The van der Waals surface area contributed by atoms with Gasteiger partial charge in [-0.2, -0.15) is 0 Å². The van der Waals surface area contributed by atoms with Crippen LogP contribution < -0.4 is 9.46 Å². The predicted octanol–water partition coefficient (Wildman–Crippen LogP) is 4.07. The molecule has 130 valence electrons. The van der Waals surface area contributed by atoms with Crippen molar-refractivity contribution in [3.63, 3.8) is 0 Å². The van der Waals surface area contributed by atoms with Gasteiger partial charge in [-0.05, 0) is 48.6 Å². The van der Waals surface area contributed by atoms with Crippen molar-refractivity contribution in [3.8, 4) is 5.75 Å². The quantitative estimate of drug-likeness (QED) is 0.821. The lowest BCUT2D eigenvalue weighted by atomic mass is 9.98. The molecule has 0 aromatic heterocycles. The number of nitrogens with one attached hydrogen (secondary N) is 1. The molecule has 0 aliphatic rings. The zero-order chi connectivity index (χ0) is 17.7. The third kappa shape index (κ3) is 4.58. The van der Waals surface area contributed by atoms with Gasteiger partial charge in [0.05, 0.1) is 12.0 Å². The van der Waals surface area contributed by atoms with Crippen molar-refractivity contribution in [2.24, 2.45) is 5.92 Å². The first kappa shape index (κ1) is 18.5. The first-order valence-electron chi connectivity index (χ1n) is 8.05. The average Bonchev–Trinajstić information content (AvgIpc) is 2.54. The fourth-order valence-electron chi connectivity index (χ4n) is 2.68. The van der Waals surface area contributed by atoms with E-state index in [4.69, 9.17) is 4.74 Å². The van der Waals surface area contributed by atoms with Crippen LogP contribution in [0, 0.1) is 12.8 Å². The highest BCUT2D eigenvalue weighted by Gasteiger charge is 2.22. The molecule has 0 aliphatic heterocycles. The van der Waals surface area contributed by atoms with Crippen LogP contribution in [0.1, 0.15) is 37.4 Å². The number of methoxy groups -OCH3 is 1. The Labute approximate surface area is 144 Å². The molecule has 0 bridgehead atoms. The molecule has 24 heavy (non-hydrogen) atoms. The molecule has 0 fully saturated rings. The fourth-order valence-corrected chi connectivity index (χ4v) is 4.00. The van der Waals surface area contributed by atoms with E-state index in [1.807, 2.05) is 37.3 Å². The first-order chi connectivity index (χ1) is 11.3. The summed E-state index contributed by atoms with van der Waals surface area (Å²) >= 11 is 0. The van der Waals surface area contributed by atoms with Gasteiger partial charge in [-0.1, -0.05) is 44.2 Å². The van der Waals surface area contributed by atoms with Gasteiger partial charge in [0.2, 0.25) is 10.0 Å². The molecule has 1 atom stereocenters. The van der Waals surface area contributed by atoms with Crippen LogP contribution in [0.15, 0.2) is 53.4 Å². The first-order valence-corrected chi connectivity index (χ1v) is 9.53. The van der Waals surface area contributed by atoms with Crippen LogP contribution in [0.5, 0.6) is 5.75 Å². The van der Waals surface area contributed by atoms with Crippen LogP contribution in [0.4, 0.5) is 0 Å². The summed E-state index contributed by atoms with van der Waals surface area (Å²) < 4.78 is 33.6. The summed E-state index contributed by atoms with van der Waals surface area (Å²) in [5, 5.41) is 0. The molecule has 0 heterocycles. The third-order valence-corrected chi connectivity index (χ3v) is 5.35. The molecule has 0 spiro atoms. The van der Waals surface area contributed by atoms with E-state index in [2.05, 4.69) is 18.6 Å². The maximum Gasteiger partial charge on any atom is 0.241 e. The van der Waals surface area contributed by atoms with Crippen LogP contribution in [-0.2, 0) is 10.0 Å².